The fraction of sp³-hybridized carbons (Fsp3) is 0.182. The third-order valence-electron chi connectivity index (χ3n) is 1.88. The first kappa shape index (κ1) is 11.9. The molecule has 0 fully saturated rings. The van der Waals surface area contributed by atoms with Gasteiger partial charge in [-0.15, -0.1) is 0 Å². The monoisotopic (exact) mass is 221 g/mol. The van der Waals surface area contributed by atoms with E-state index in [0.717, 1.165) is 5.56 Å². The molecule has 1 aromatic rings. The Labute approximate surface area is 92.5 Å². The molecule has 5 nitrogen and oxygen atoms in total. The second kappa shape index (κ2) is 5.65. The summed E-state index contributed by atoms with van der Waals surface area (Å²) in [7, 11) is 1.29. The summed E-state index contributed by atoms with van der Waals surface area (Å²) < 4.78 is 4.43. The van der Waals surface area contributed by atoms with Crippen molar-refractivity contribution in [2.24, 2.45) is 0 Å². The van der Waals surface area contributed by atoms with Crippen molar-refractivity contribution < 1.29 is 14.5 Å². The van der Waals surface area contributed by atoms with Crippen LogP contribution in [0.1, 0.15) is 11.1 Å². The van der Waals surface area contributed by atoms with Gasteiger partial charge in [-0.05, 0) is 17.7 Å². The van der Waals surface area contributed by atoms with E-state index < -0.39 is 10.9 Å². The van der Waals surface area contributed by atoms with Crippen LogP contribution in [0.3, 0.4) is 0 Å². The molecule has 0 unspecified atom stereocenters. The van der Waals surface area contributed by atoms with E-state index in [1.807, 2.05) is 0 Å². The van der Waals surface area contributed by atoms with Crippen molar-refractivity contribution in [2.45, 2.75) is 6.54 Å². The lowest BCUT2D eigenvalue weighted by Crippen LogP contribution is -1.98. The molecular weight excluding hydrogens is 210 g/mol. The summed E-state index contributed by atoms with van der Waals surface area (Å²) >= 11 is 0. The molecule has 0 atom stereocenters. The van der Waals surface area contributed by atoms with Crippen LogP contribution in [0.15, 0.2) is 30.3 Å². The molecule has 0 saturated heterocycles. The zero-order chi connectivity index (χ0) is 12.0. The van der Waals surface area contributed by atoms with Crippen molar-refractivity contribution in [3.8, 4) is 0 Å². The number of carbonyl (C=O) groups excluding carboxylic acids is 1. The number of hydrogen-bond donors (Lipinski definition) is 0. The number of nitro groups is 1. The second-order valence-electron chi connectivity index (χ2n) is 3.09. The van der Waals surface area contributed by atoms with Gasteiger partial charge in [-0.25, -0.2) is 4.79 Å². The maximum absolute atomic E-state index is 10.8. The number of hydrogen-bond acceptors (Lipinski definition) is 4. The van der Waals surface area contributed by atoms with Crippen molar-refractivity contribution >= 4 is 12.0 Å². The highest BCUT2D eigenvalue weighted by Gasteiger charge is 2.01. The van der Waals surface area contributed by atoms with Gasteiger partial charge in [0, 0.05) is 16.6 Å². The highest BCUT2D eigenvalue weighted by atomic mass is 16.6. The van der Waals surface area contributed by atoms with E-state index in [1.54, 1.807) is 30.3 Å². The Morgan fingerprint density at radius 3 is 2.94 bits per heavy atom. The lowest BCUT2D eigenvalue weighted by Gasteiger charge is -1.97. The molecule has 0 aromatic heterocycles. The number of methoxy groups -OCH3 is 1. The molecule has 0 heterocycles. The van der Waals surface area contributed by atoms with Gasteiger partial charge in [0.25, 0.3) is 0 Å². The minimum atomic E-state index is -0.459. The Morgan fingerprint density at radius 1 is 1.56 bits per heavy atom. The van der Waals surface area contributed by atoms with E-state index in [0.29, 0.717) is 5.56 Å². The van der Waals surface area contributed by atoms with Gasteiger partial charge >= 0.3 is 5.97 Å². The first-order chi connectivity index (χ1) is 7.61. The molecule has 5 heteroatoms. The van der Waals surface area contributed by atoms with Crippen LogP contribution in [0.25, 0.3) is 6.08 Å². The average molecular weight is 221 g/mol. The third-order valence-corrected chi connectivity index (χ3v) is 1.88. The van der Waals surface area contributed by atoms with Crippen molar-refractivity contribution in [1.29, 1.82) is 0 Å². The number of nitrogens with zero attached hydrogens (tertiary/aromatic N) is 1. The van der Waals surface area contributed by atoms with E-state index in [2.05, 4.69) is 4.74 Å². The summed E-state index contributed by atoms with van der Waals surface area (Å²) in [6.45, 7) is -0.222. The molecule has 0 amide bonds. The van der Waals surface area contributed by atoms with Crippen LogP contribution in [0.5, 0.6) is 0 Å². The predicted octanol–water partition coefficient (Wildman–Crippen LogP) is 1.65. The Bertz CT molecular complexity index is 426. The fourth-order valence-corrected chi connectivity index (χ4v) is 1.18. The summed E-state index contributed by atoms with van der Waals surface area (Å²) in [6.07, 6.45) is 2.82. The lowest BCUT2D eigenvalue weighted by molar-refractivity contribution is -0.496. The van der Waals surface area contributed by atoms with Crippen molar-refractivity contribution in [3.05, 3.63) is 51.6 Å². The zero-order valence-electron chi connectivity index (χ0n) is 8.75. The number of ether oxygens (including phenoxy) is 1. The van der Waals surface area contributed by atoms with Gasteiger partial charge in [0.05, 0.1) is 7.11 Å². The summed E-state index contributed by atoms with van der Waals surface area (Å²) in [5, 5.41) is 10.3. The van der Waals surface area contributed by atoms with E-state index in [9.17, 15) is 14.9 Å². The maximum atomic E-state index is 10.8. The summed E-state index contributed by atoms with van der Waals surface area (Å²) in [6, 6.07) is 6.78. The molecule has 16 heavy (non-hydrogen) atoms. The van der Waals surface area contributed by atoms with Crippen LogP contribution >= 0.6 is 0 Å². The van der Waals surface area contributed by atoms with Crippen molar-refractivity contribution in [3.63, 3.8) is 0 Å². The number of benzene rings is 1. The second-order valence-corrected chi connectivity index (χ2v) is 3.09. The molecular formula is C11H11NO4. The molecule has 1 rings (SSSR count). The Balaban J connectivity index is 2.78. The van der Waals surface area contributed by atoms with Gasteiger partial charge in [0.15, 0.2) is 0 Å². The van der Waals surface area contributed by atoms with Crippen LogP contribution in [0.4, 0.5) is 0 Å². The normalized spacial score (nSPS) is 10.3. The maximum Gasteiger partial charge on any atom is 0.330 e. The molecule has 0 saturated carbocycles. The highest BCUT2D eigenvalue weighted by Crippen LogP contribution is 2.08. The minimum absolute atomic E-state index is 0.222. The first-order valence-electron chi connectivity index (χ1n) is 4.58. The SMILES string of the molecule is COC(=O)C=Cc1cccc(C[N+](=O)[O-])c1. The zero-order valence-corrected chi connectivity index (χ0v) is 8.75. The van der Waals surface area contributed by atoms with Crippen molar-refractivity contribution in [1.82, 2.24) is 0 Å². The van der Waals surface area contributed by atoms with E-state index in [-0.39, 0.29) is 6.54 Å². The van der Waals surface area contributed by atoms with Crippen LogP contribution in [0.2, 0.25) is 0 Å². The topological polar surface area (TPSA) is 69.4 Å². The quantitative estimate of drug-likeness (QED) is 0.335. The van der Waals surface area contributed by atoms with E-state index in [4.69, 9.17) is 0 Å². The smallest absolute Gasteiger partial charge is 0.330 e. The number of carbonyl (C=O) groups is 1. The fourth-order valence-electron chi connectivity index (χ4n) is 1.18. The minimum Gasteiger partial charge on any atom is -0.466 e. The van der Waals surface area contributed by atoms with Gasteiger partial charge in [0.1, 0.15) is 0 Å². The predicted molar refractivity (Wildman–Crippen MR) is 58.2 cm³/mol. The van der Waals surface area contributed by atoms with E-state index in [1.165, 1.54) is 13.2 Å². The Morgan fingerprint density at radius 2 is 2.31 bits per heavy atom. The molecule has 0 spiro atoms. The summed E-state index contributed by atoms with van der Waals surface area (Å²) in [5.74, 6) is -0.459. The van der Waals surface area contributed by atoms with Crippen LogP contribution in [-0.4, -0.2) is 18.0 Å². The van der Waals surface area contributed by atoms with Crippen LogP contribution in [-0.2, 0) is 16.1 Å². The first-order valence-corrected chi connectivity index (χ1v) is 4.58. The highest BCUT2D eigenvalue weighted by molar-refractivity contribution is 5.86. The van der Waals surface area contributed by atoms with E-state index >= 15 is 0 Å². The number of esters is 1. The van der Waals surface area contributed by atoms with Gasteiger partial charge in [0.2, 0.25) is 6.54 Å². The Hall–Kier alpha value is -2.17. The standard InChI is InChI=1S/C11H11NO4/c1-16-11(13)6-5-9-3-2-4-10(7-9)8-12(14)15/h2-7H,8H2,1H3. The lowest BCUT2D eigenvalue weighted by atomic mass is 10.1. The Kier molecular flexibility index (Phi) is 4.20. The molecule has 0 N–H and O–H groups in total. The molecule has 84 valence electrons. The molecule has 0 aliphatic heterocycles. The van der Waals surface area contributed by atoms with Gasteiger partial charge in [-0.2, -0.15) is 0 Å². The van der Waals surface area contributed by atoms with Crippen molar-refractivity contribution in [2.75, 3.05) is 7.11 Å². The van der Waals surface area contributed by atoms with Crippen LogP contribution < -0.4 is 0 Å². The van der Waals surface area contributed by atoms with Crippen LogP contribution in [0, 0.1) is 10.1 Å². The molecule has 0 bridgehead atoms. The number of rotatable bonds is 4. The molecule has 0 aliphatic rings. The van der Waals surface area contributed by atoms with Gasteiger partial charge < -0.3 is 4.74 Å². The largest absolute Gasteiger partial charge is 0.466 e. The van der Waals surface area contributed by atoms with Gasteiger partial charge in [-0.1, -0.05) is 18.2 Å². The average Bonchev–Trinajstić information content (AvgIpc) is 2.25. The molecule has 1 aromatic carbocycles. The third kappa shape index (κ3) is 3.91. The summed E-state index contributed by atoms with van der Waals surface area (Å²) in [5.41, 5.74) is 1.32. The van der Waals surface area contributed by atoms with Gasteiger partial charge in [-0.3, -0.25) is 10.1 Å². The molecule has 0 aliphatic carbocycles. The molecule has 0 radical (unpaired) electrons. The summed E-state index contributed by atoms with van der Waals surface area (Å²) in [4.78, 5) is 20.7.